The zero-order chi connectivity index (χ0) is 17.8. The van der Waals surface area contributed by atoms with Crippen molar-refractivity contribution >= 4 is 17.7 Å². The van der Waals surface area contributed by atoms with Crippen LogP contribution in [0.4, 0.5) is 0 Å². The van der Waals surface area contributed by atoms with Gasteiger partial charge in [-0.25, -0.2) is 4.98 Å². The molecule has 0 fully saturated rings. The van der Waals surface area contributed by atoms with E-state index in [2.05, 4.69) is 38.7 Å². The Balaban J connectivity index is 1.35. The van der Waals surface area contributed by atoms with Gasteiger partial charge in [0, 0.05) is 5.56 Å². The maximum absolute atomic E-state index is 12.4. The van der Waals surface area contributed by atoms with Gasteiger partial charge in [0.05, 0.1) is 11.8 Å². The normalized spacial score (nSPS) is 16.1. The van der Waals surface area contributed by atoms with E-state index in [1.165, 1.54) is 22.9 Å². The van der Waals surface area contributed by atoms with Gasteiger partial charge < -0.3 is 5.32 Å². The SMILES string of the molecule is O=C(CSc1n[nH]c(-c2ccccc2)n1)N[C@H]1CCCc2ccccc21. The minimum Gasteiger partial charge on any atom is -0.349 e. The van der Waals surface area contributed by atoms with Gasteiger partial charge in [-0.3, -0.25) is 9.89 Å². The molecule has 1 aliphatic carbocycles. The van der Waals surface area contributed by atoms with Crippen molar-refractivity contribution in [1.82, 2.24) is 20.5 Å². The lowest BCUT2D eigenvalue weighted by Crippen LogP contribution is -2.32. The van der Waals surface area contributed by atoms with Crippen molar-refractivity contribution in [3.05, 3.63) is 65.7 Å². The number of nitrogens with zero attached hydrogens (tertiary/aromatic N) is 2. The second-order valence-electron chi connectivity index (χ2n) is 6.33. The third kappa shape index (κ3) is 3.80. The van der Waals surface area contributed by atoms with Crippen molar-refractivity contribution in [2.75, 3.05) is 5.75 Å². The fourth-order valence-electron chi connectivity index (χ4n) is 3.31. The third-order valence-corrected chi connectivity index (χ3v) is 5.40. The zero-order valence-corrected chi connectivity index (χ0v) is 15.1. The molecule has 3 aromatic rings. The molecule has 1 heterocycles. The quantitative estimate of drug-likeness (QED) is 0.676. The van der Waals surface area contributed by atoms with E-state index in [0.717, 1.165) is 30.7 Å². The fourth-order valence-corrected chi connectivity index (χ4v) is 3.92. The highest BCUT2D eigenvalue weighted by molar-refractivity contribution is 7.99. The maximum Gasteiger partial charge on any atom is 0.230 e. The number of hydrogen-bond donors (Lipinski definition) is 2. The largest absolute Gasteiger partial charge is 0.349 e. The first-order chi connectivity index (χ1) is 12.8. The van der Waals surface area contributed by atoms with Gasteiger partial charge in [-0.2, -0.15) is 0 Å². The summed E-state index contributed by atoms with van der Waals surface area (Å²) in [5.41, 5.74) is 3.58. The maximum atomic E-state index is 12.4. The Morgan fingerprint density at radius 1 is 1.15 bits per heavy atom. The molecule has 0 spiro atoms. The van der Waals surface area contributed by atoms with Crippen molar-refractivity contribution < 1.29 is 4.79 Å². The van der Waals surface area contributed by atoms with Gasteiger partial charge in [0.2, 0.25) is 11.1 Å². The minimum absolute atomic E-state index is 0.0164. The third-order valence-electron chi connectivity index (χ3n) is 4.55. The summed E-state index contributed by atoms with van der Waals surface area (Å²) < 4.78 is 0. The molecule has 0 saturated heterocycles. The number of aromatic nitrogens is 3. The van der Waals surface area contributed by atoms with Crippen LogP contribution in [0.3, 0.4) is 0 Å². The number of aryl methyl sites for hydroxylation is 1. The van der Waals surface area contributed by atoms with E-state index in [-0.39, 0.29) is 11.9 Å². The number of benzene rings is 2. The smallest absolute Gasteiger partial charge is 0.230 e. The second-order valence-corrected chi connectivity index (χ2v) is 7.27. The number of carbonyl (C=O) groups is 1. The van der Waals surface area contributed by atoms with E-state index in [4.69, 9.17) is 0 Å². The number of H-pyrrole nitrogens is 1. The van der Waals surface area contributed by atoms with Crippen LogP contribution in [-0.2, 0) is 11.2 Å². The van der Waals surface area contributed by atoms with E-state index in [1.807, 2.05) is 36.4 Å². The summed E-state index contributed by atoms with van der Waals surface area (Å²) in [4.78, 5) is 16.8. The van der Waals surface area contributed by atoms with Crippen molar-refractivity contribution in [3.8, 4) is 11.4 Å². The first kappa shape index (κ1) is 16.8. The molecule has 2 N–H and O–H groups in total. The van der Waals surface area contributed by atoms with Crippen LogP contribution in [-0.4, -0.2) is 26.8 Å². The predicted octanol–water partition coefficient (Wildman–Crippen LogP) is 3.76. The molecule has 26 heavy (non-hydrogen) atoms. The lowest BCUT2D eigenvalue weighted by Gasteiger charge is -2.26. The van der Waals surface area contributed by atoms with Gasteiger partial charge in [-0.05, 0) is 30.4 Å². The summed E-state index contributed by atoms with van der Waals surface area (Å²) in [6, 6.07) is 18.3. The summed E-state index contributed by atoms with van der Waals surface area (Å²) in [7, 11) is 0. The average Bonchev–Trinajstić information content (AvgIpc) is 3.17. The summed E-state index contributed by atoms with van der Waals surface area (Å²) in [6.45, 7) is 0. The average molecular weight is 364 g/mol. The highest BCUT2D eigenvalue weighted by Gasteiger charge is 2.21. The van der Waals surface area contributed by atoms with Crippen LogP contribution in [0.25, 0.3) is 11.4 Å². The minimum atomic E-state index is 0.0164. The Kier molecular flexibility index (Phi) is 5.02. The van der Waals surface area contributed by atoms with Gasteiger partial charge in [0.15, 0.2) is 5.82 Å². The second kappa shape index (κ2) is 7.74. The number of aromatic amines is 1. The Morgan fingerprint density at radius 2 is 1.96 bits per heavy atom. The number of amides is 1. The van der Waals surface area contributed by atoms with Crippen LogP contribution in [0, 0.1) is 0 Å². The zero-order valence-electron chi connectivity index (χ0n) is 14.3. The van der Waals surface area contributed by atoms with E-state index in [1.54, 1.807) is 0 Å². The first-order valence-electron chi connectivity index (χ1n) is 8.77. The lowest BCUT2D eigenvalue weighted by atomic mass is 9.88. The highest BCUT2D eigenvalue weighted by atomic mass is 32.2. The molecule has 0 radical (unpaired) electrons. The molecule has 1 amide bonds. The van der Waals surface area contributed by atoms with Gasteiger partial charge >= 0.3 is 0 Å². The van der Waals surface area contributed by atoms with Crippen molar-refractivity contribution in [2.24, 2.45) is 0 Å². The molecule has 0 unspecified atom stereocenters. The molecular weight excluding hydrogens is 344 g/mol. The molecule has 1 atom stereocenters. The number of nitrogens with one attached hydrogen (secondary N) is 2. The standard InChI is InChI=1S/C20H20N4OS/c25-18(21-17-12-6-10-14-7-4-5-11-16(14)17)13-26-20-22-19(23-24-20)15-8-2-1-3-9-15/h1-5,7-9,11,17H,6,10,12-13H2,(H,21,25)(H,22,23,24)/t17-/m0/s1. The molecule has 0 bridgehead atoms. The molecule has 132 valence electrons. The van der Waals surface area contributed by atoms with Crippen LogP contribution in [0.5, 0.6) is 0 Å². The van der Waals surface area contributed by atoms with Crippen LogP contribution in [0.1, 0.15) is 30.0 Å². The Bertz CT molecular complexity index is 894. The molecule has 1 aliphatic rings. The summed E-state index contributed by atoms with van der Waals surface area (Å²) in [5, 5.41) is 10.9. The van der Waals surface area contributed by atoms with Crippen LogP contribution in [0.2, 0.25) is 0 Å². The lowest BCUT2D eigenvalue weighted by molar-refractivity contribution is -0.119. The molecular formula is C20H20N4OS. The Morgan fingerprint density at radius 3 is 2.85 bits per heavy atom. The predicted molar refractivity (Wildman–Crippen MR) is 103 cm³/mol. The topological polar surface area (TPSA) is 70.7 Å². The molecule has 5 nitrogen and oxygen atoms in total. The van der Waals surface area contributed by atoms with Gasteiger partial charge in [0.25, 0.3) is 0 Å². The van der Waals surface area contributed by atoms with Crippen molar-refractivity contribution in [1.29, 1.82) is 0 Å². The molecule has 2 aromatic carbocycles. The van der Waals surface area contributed by atoms with Gasteiger partial charge in [-0.15, -0.1) is 5.10 Å². The van der Waals surface area contributed by atoms with Gasteiger partial charge in [-0.1, -0.05) is 66.4 Å². The van der Waals surface area contributed by atoms with Crippen molar-refractivity contribution in [2.45, 2.75) is 30.5 Å². The van der Waals surface area contributed by atoms with E-state index in [9.17, 15) is 4.79 Å². The monoisotopic (exact) mass is 364 g/mol. The number of fused-ring (bicyclic) bond motifs is 1. The molecule has 1 aromatic heterocycles. The summed E-state index contributed by atoms with van der Waals surface area (Å²) in [6.07, 6.45) is 3.19. The van der Waals surface area contributed by atoms with Crippen molar-refractivity contribution in [3.63, 3.8) is 0 Å². The number of rotatable bonds is 5. The van der Waals surface area contributed by atoms with Crippen LogP contribution < -0.4 is 5.32 Å². The van der Waals surface area contributed by atoms with Crippen LogP contribution in [0.15, 0.2) is 59.8 Å². The number of thioether (sulfide) groups is 1. The molecule has 0 saturated carbocycles. The summed E-state index contributed by atoms with van der Waals surface area (Å²) in [5.74, 6) is 1.04. The Hall–Kier alpha value is -2.60. The number of hydrogen-bond acceptors (Lipinski definition) is 4. The van der Waals surface area contributed by atoms with E-state index >= 15 is 0 Å². The Labute approximate surface area is 156 Å². The van der Waals surface area contributed by atoms with E-state index < -0.39 is 0 Å². The summed E-state index contributed by atoms with van der Waals surface area (Å²) >= 11 is 1.35. The molecule has 4 rings (SSSR count). The molecule has 6 heteroatoms. The van der Waals surface area contributed by atoms with E-state index in [0.29, 0.717) is 10.9 Å². The highest BCUT2D eigenvalue weighted by Crippen LogP contribution is 2.29. The first-order valence-corrected chi connectivity index (χ1v) is 9.76. The number of carbonyl (C=O) groups excluding carboxylic acids is 1. The van der Waals surface area contributed by atoms with Crippen LogP contribution >= 0.6 is 11.8 Å². The van der Waals surface area contributed by atoms with Gasteiger partial charge in [0.1, 0.15) is 0 Å². The fraction of sp³-hybridized carbons (Fsp3) is 0.250. The molecule has 0 aliphatic heterocycles.